The van der Waals surface area contributed by atoms with Gasteiger partial charge in [-0.1, -0.05) is 13.3 Å². The molecule has 1 atom stereocenters. The van der Waals surface area contributed by atoms with Crippen LogP contribution in [0, 0.1) is 0 Å². The standard InChI is InChI=1S/C18H23N3O5S/c1-4-5-13(17(23)24)19-9-16(22)21-18-20-14(10-27-18)12-7-6-11(25-2)8-15(12)26-3/h6-8,10,13,19H,4-5,9H2,1-3H3,(H,23,24)(H,20,21,22). The van der Waals surface area contributed by atoms with Crippen molar-refractivity contribution in [1.82, 2.24) is 10.3 Å². The predicted molar refractivity (Wildman–Crippen MR) is 104 cm³/mol. The highest BCUT2D eigenvalue weighted by Gasteiger charge is 2.17. The molecule has 0 bridgehead atoms. The fourth-order valence-corrected chi connectivity index (χ4v) is 3.17. The van der Waals surface area contributed by atoms with Gasteiger partial charge in [0.25, 0.3) is 0 Å². The Hall–Kier alpha value is -2.65. The third-order valence-electron chi connectivity index (χ3n) is 3.82. The number of aromatic nitrogens is 1. The molecule has 9 heteroatoms. The van der Waals surface area contributed by atoms with Gasteiger partial charge in [0, 0.05) is 17.0 Å². The van der Waals surface area contributed by atoms with Gasteiger partial charge in [0.2, 0.25) is 5.91 Å². The minimum absolute atomic E-state index is 0.0995. The average molecular weight is 393 g/mol. The number of benzene rings is 1. The van der Waals surface area contributed by atoms with Crippen LogP contribution in [0.3, 0.4) is 0 Å². The van der Waals surface area contributed by atoms with Crippen LogP contribution >= 0.6 is 11.3 Å². The number of nitrogens with zero attached hydrogens (tertiary/aromatic N) is 1. The van der Waals surface area contributed by atoms with Crippen LogP contribution < -0.4 is 20.1 Å². The Morgan fingerprint density at radius 3 is 2.70 bits per heavy atom. The molecule has 1 unspecified atom stereocenters. The summed E-state index contributed by atoms with van der Waals surface area (Å²) in [7, 11) is 3.14. The number of hydrogen-bond donors (Lipinski definition) is 3. The van der Waals surface area contributed by atoms with Crippen molar-refractivity contribution in [2.75, 3.05) is 26.1 Å². The Morgan fingerprint density at radius 1 is 1.30 bits per heavy atom. The molecule has 1 aromatic heterocycles. The second kappa shape index (κ2) is 9.89. The lowest BCUT2D eigenvalue weighted by atomic mass is 10.1. The maximum absolute atomic E-state index is 12.1. The number of amides is 1. The first-order valence-corrected chi connectivity index (χ1v) is 9.30. The monoisotopic (exact) mass is 393 g/mol. The Kier molecular flexibility index (Phi) is 7.56. The smallest absolute Gasteiger partial charge is 0.320 e. The Bertz CT molecular complexity index is 793. The van der Waals surface area contributed by atoms with Gasteiger partial charge >= 0.3 is 5.97 Å². The third kappa shape index (κ3) is 5.66. The number of ether oxygens (including phenoxy) is 2. The van der Waals surface area contributed by atoms with E-state index < -0.39 is 12.0 Å². The summed E-state index contributed by atoms with van der Waals surface area (Å²) in [6.07, 6.45) is 1.17. The van der Waals surface area contributed by atoms with Crippen LogP contribution in [0.4, 0.5) is 5.13 Å². The number of nitrogens with one attached hydrogen (secondary N) is 2. The highest BCUT2D eigenvalue weighted by atomic mass is 32.1. The van der Waals surface area contributed by atoms with Crippen molar-refractivity contribution in [2.45, 2.75) is 25.8 Å². The minimum atomic E-state index is -0.965. The molecular weight excluding hydrogens is 370 g/mol. The van der Waals surface area contributed by atoms with Crippen LogP contribution in [0.5, 0.6) is 11.5 Å². The number of carboxylic acid groups (broad SMARTS) is 1. The summed E-state index contributed by atoms with van der Waals surface area (Å²) in [5.41, 5.74) is 1.44. The van der Waals surface area contributed by atoms with Crippen LogP contribution in [0.15, 0.2) is 23.6 Å². The van der Waals surface area contributed by atoms with Crippen LogP contribution in [0.1, 0.15) is 19.8 Å². The molecule has 0 aliphatic heterocycles. The van der Waals surface area contributed by atoms with E-state index in [0.717, 1.165) is 5.56 Å². The molecule has 2 aromatic rings. The average Bonchev–Trinajstić information content (AvgIpc) is 3.12. The first-order valence-electron chi connectivity index (χ1n) is 8.42. The summed E-state index contributed by atoms with van der Waals surface area (Å²) in [5.74, 6) is -0.0266. The number of aliphatic carboxylic acids is 1. The molecule has 0 aliphatic rings. The summed E-state index contributed by atoms with van der Waals surface area (Å²) >= 11 is 1.28. The third-order valence-corrected chi connectivity index (χ3v) is 4.58. The van der Waals surface area contributed by atoms with E-state index in [2.05, 4.69) is 15.6 Å². The zero-order valence-electron chi connectivity index (χ0n) is 15.4. The number of methoxy groups -OCH3 is 2. The fourth-order valence-electron chi connectivity index (χ4n) is 2.45. The second-order valence-electron chi connectivity index (χ2n) is 5.71. The van der Waals surface area contributed by atoms with E-state index in [1.54, 1.807) is 26.4 Å². The zero-order valence-corrected chi connectivity index (χ0v) is 16.3. The molecule has 0 spiro atoms. The molecule has 1 heterocycles. The number of carboxylic acids is 1. The topological polar surface area (TPSA) is 110 Å². The largest absolute Gasteiger partial charge is 0.497 e. The van der Waals surface area contributed by atoms with E-state index in [4.69, 9.17) is 14.6 Å². The van der Waals surface area contributed by atoms with E-state index >= 15 is 0 Å². The Labute approximate surface area is 161 Å². The van der Waals surface area contributed by atoms with E-state index in [0.29, 0.717) is 35.2 Å². The molecule has 1 amide bonds. The normalized spacial score (nSPS) is 11.7. The summed E-state index contributed by atoms with van der Waals surface area (Å²) in [6, 6.07) is 4.66. The molecule has 0 saturated carbocycles. The van der Waals surface area contributed by atoms with Gasteiger partial charge in [0.05, 0.1) is 26.5 Å². The van der Waals surface area contributed by atoms with Crippen molar-refractivity contribution in [3.8, 4) is 22.8 Å². The maximum Gasteiger partial charge on any atom is 0.320 e. The number of thiazole rings is 1. The van der Waals surface area contributed by atoms with Gasteiger partial charge < -0.3 is 19.9 Å². The van der Waals surface area contributed by atoms with Crippen molar-refractivity contribution in [2.24, 2.45) is 0 Å². The minimum Gasteiger partial charge on any atom is -0.497 e. The SMILES string of the molecule is CCCC(NCC(=O)Nc1nc(-c2ccc(OC)cc2OC)cs1)C(=O)O. The van der Waals surface area contributed by atoms with Crippen LogP contribution in [0.25, 0.3) is 11.3 Å². The van der Waals surface area contributed by atoms with Crippen molar-refractivity contribution < 1.29 is 24.2 Å². The molecule has 0 radical (unpaired) electrons. The molecule has 146 valence electrons. The Balaban J connectivity index is 2.01. The molecule has 27 heavy (non-hydrogen) atoms. The quantitative estimate of drug-likeness (QED) is 0.569. The van der Waals surface area contributed by atoms with Crippen molar-refractivity contribution in [1.29, 1.82) is 0 Å². The first-order chi connectivity index (χ1) is 13.0. The summed E-state index contributed by atoms with van der Waals surface area (Å²) in [4.78, 5) is 27.6. The van der Waals surface area contributed by atoms with E-state index in [1.807, 2.05) is 18.4 Å². The van der Waals surface area contributed by atoms with Gasteiger partial charge in [-0.05, 0) is 18.6 Å². The van der Waals surface area contributed by atoms with E-state index in [1.165, 1.54) is 11.3 Å². The van der Waals surface area contributed by atoms with Crippen molar-refractivity contribution in [3.05, 3.63) is 23.6 Å². The number of rotatable bonds is 10. The first kappa shape index (κ1) is 20.7. The molecular formula is C18H23N3O5S. The molecule has 8 nitrogen and oxygen atoms in total. The van der Waals surface area contributed by atoms with Gasteiger partial charge in [-0.2, -0.15) is 0 Å². The zero-order chi connectivity index (χ0) is 19.8. The lowest BCUT2D eigenvalue weighted by Crippen LogP contribution is -2.41. The molecule has 0 aliphatic carbocycles. The number of hydrogen-bond acceptors (Lipinski definition) is 7. The van der Waals surface area contributed by atoms with Gasteiger partial charge in [-0.15, -0.1) is 11.3 Å². The maximum atomic E-state index is 12.1. The second-order valence-corrected chi connectivity index (χ2v) is 6.57. The number of carbonyl (C=O) groups is 2. The molecule has 0 fully saturated rings. The van der Waals surface area contributed by atoms with Crippen LogP contribution in [0.2, 0.25) is 0 Å². The lowest BCUT2D eigenvalue weighted by molar-refractivity contribution is -0.139. The van der Waals surface area contributed by atoms with E-state index in [-0.39, 0.29) is 12.5 Å². The molecule has 1 aromatic carbocycles. The number of anilines is 1. The van der Waals surface area contributed by atoms with Gasteiger partial charge in [0.1, 0.15) is 17.5 Å². The van der Waals surface area contributed by atoms with Gasteiger partial charge in [0.15, 0.2) is 5.13 Å². The van der Waals surface area contributed by atoms with Gasteiger partial charge in [-0.25, -0.2) is 4.98 Å². The highest BCUT2D eigenvalue weighted by molar-refractivity contribution is 7.14. The van der Waals surface area contributed by atoms with E-state index in [9.17, 15) is 9.59 Å². The van der Waals surface area contributed by atoms with Crippen molar-refractivity contribution in [3.63, 3.8) is 0 Å². The Morgan fingerprint density at radius 2 is 2.07 bits per heavy atom. The molecule has 2 rings (SSSR count). The molecule has 3 N–H and O–H groups in total. The summed E-state index contributed by atoms with van der Waals surface area (Å²) in [5, 5.41) is 16.8. The predicted octanol–water partition coefficient (Wildman–Crippen LogP) is 2.61. The van der Waals surface area contributed by atoms with Crippen molar-refractivity contribution >= 4 is 28.3 Å². The fraction of sp³-hybridized carbons (Fsp3) is 0.389. The summed E-state index contributed by atoms with van der Waals surface area (Å²) < 4.78 is 10.6. The molecule has 0 saturated heterocycles. The van der Waals surface area contributed by atoms with Crippen LogP contribution in [-0.4, -0.2) is 48.8 Å². The van der Waals surface area contributed by atoms with Gasteiger partial charge in [-0.3, -0.25) is 14.9 Å². The van der Waals surface area contributed by atoms with Crippen LogP contribution in [-0.2, 0) is 9.59 Å². The lowest BCUT2D eigenvalue weighted by Gasteiger charge is -2.12. The number of carbonyl (C=O) groups excluding carboxylic acids is 1. The highest BCUT2D eigenvalue weighted by Crippen LogP contribution is 2.34. The summed E-state index contributed by atoms with van der Waals surface area (Å²) in [6.45, 7) is 1.79.